The van der Waals surface area contributed by atoms with Gasteiger partial charge in [0.15, 0.2) is 5.69 Å². The first kappa shape index (κ1) is 23.2. The van der Waals surface area contributed by atoms with Gasteiger partial charge in [-0.1, -0.05) is 54.8 Å². The quantitative estimate of drug-likeness (QED) is 0.349. The Morgan fingerprint density at radius 1 is 1.00 bits per heavy atom. The average Bonchev–Trinajstić information content (AvgIpc) is 3.35. The number of hydrogen-bond donors (Lipinski definition) is 3. The highest BCUT2D eigenvalue weighted by Crippen LogP contribution is 2.34. The summed E-state index contributed by atoms with van der Waals surface area (Å²) >= 11 is 0. The van der Waals surface area contributed by atoms with Gasteiger partial charge in [0.25, 0.3) is 17.7 Å². The molecule has 10 nitrogen and oxygen atoms in total. The molecule has 0 saturated heterocycles. The van der Waals surface area contributed by atoms with Crippen molar-refractivity contribution < 1.29 is 14.4 Å². The summed E-state index contributed by atoms with van der Waals surface area (Å²) in [5, 5.41) is 12.4. The van der Waals surface area contributed by atoms with E-state index in [0.717, 1.165) is 35.6 Å². The van der Waals surface area contributed by atoms with Crippen LogP contribution in [0.2, 0.25) is 0 Å². The van der Waals surface area contributed by atoms with Crippen LogP contribution < -0.4 is 16.8 Å². The summed E-state index contributed by atoms with van der Waals surface area (Å²) in [6.45, 7) is 0.498. The highest BCUT2D eigenvalue weighted by molar-refractivity contribution is 6.15. The van der Waals surface area contributed by atoms with E-state index in [1.165, 1.54) is 0 Å². The Kier molecular flexibility index (Phi) is 6.16. The van der Waals surface area contributed by atoms with Crippen LogP contribution in [0.3, 0.4) is 0 Å². The van der Waals surface area contributed by atoms with Crippen molar-refractivity contribution in [2.75, 3.05) is 5.32 Å². The molecule has 0 bridgehead atoms. The number of nitrogens with two attached hydrogens (primary N) is 2. The van der Waals surface area contributed by atoms with Gasteiger partial charge >= 0.3 is 0 Å². The van der Waals surface area contributed by atoms with Crippen LogP contribution in [0.15, 0.2) is 54.9 Å². The number of hydrogen-bond acceptors (Lipinski definition) is 6. The minimum atomic E-state index is -0.851. The predicted octanol–water partition coefficient (Wildman–Crippen LogP) is 2.67. The molecule has 0 radical (unpaired) electrons. The van der Waals surface area contributed by atoms with Crippen molar-refractivity contribution in [2.24, 2.45) is 17.4 Å². The Labute approximate surface area is 206 Å². The number of amides is 3. The van der Waals surface area contributed by atoms with E-state index in [2.05, 4.69) is 20.6 Å². The van der Waals surface area contributed by atoms with E-state index < -0.39 is 17.7 Å². The van der Waals surface area contributed by atoms with Gasteiger partial charge in [0.05, 0.1) is 18.4 Å². The van der Waals surface area contributed by atoms with Gasteiger partial charge in [0.1, 0.15) is 5.69 Å². The Balaban J connectivity index is 1.54. The number of nitrogens with zero attached hydrogens (tertiary/aromatic N) is 4. The lowest BCUT2D eigenvalue weighted by molar-refractivity contribution is 0.0991. The standard InChI is InChI=1S/C26H25N7O3/c27-24(34)21-13-17(12-15-4-3-5-15)22(23(30-21)25(28)35)31-26(36)20-9-8-16(14-33-11-10-29-32-33)18-6-1-2-7-19(18)20/h1-2,6-11,13,15H,3-5,12,14H2,(H2,27,34)(H2,28,35)(H,31,36). The number of anilines is 1. The minimum absolute atomic E-state index is 0.0564. The Morgan fingerprint density at radius 3 is 2.42 bits per heavy atom. The number of primary amides is 2. The number of benzene rings is 2. The third-order valence-corrected chi connectivity index (χ3v) is 6.62. The first-order valence-electron chi connectivity index (χ1n) is 11.7. The molecule has 2 aromatic carbocycles. The second-order valence-electron chi connectivity index (χ2n) is 8.99. The molecule has 5 rings (SSSR count). The summed E-state index contributed by atoms with van der Waals surface area (Å²) in [6, 6.07) is 12.7. The molecule has 0 unspecified atom stereocenters. The molecule has 36 heavy (non-hydrogen) atoms. The van der Waals surface area contributed by atoms with Crippen molar-refractivity contribution >= 4 is 34.2 Å². The van der Waals surface area contributed by atoms with Crippen LogP contribution in [-0.4, -0.2) is 37.7 Å². The molecule has 1 fully saturated rings. The van der Waals surface area contributed by atoms with Crippen molar-refractivity contribution in [3.05, 3.63) is 82.9 Å². The number of fused-ring (bicyclic) bond motifs is 1. The van der Waals surface area contributed by atoms with E-state index in [4.69, 9.17) is 11.5 Å². The van der Waals surface area contributed by atoms with Gasteiger partial charge in [-0.3, -0.25) is 14.4 Å². The molecule has 5 N–H and O–H groups in total. The van der Waals surface area contributed by atoms with Gasteiger partial charge in [-0.05, 0) is 46.4 Å². The van der Waals surface area contributed by atoms with E-state index >= 15 is 0 Å². The molecule has 0 aliphatic heterocycles. The number of aromatic nitrogens is 4. The molecule has 10 heteroatoms. The van der Waals surface area contributed by atoms with Crippen LogP contribution in [0, 0.1) is 5.92 Å². The number of carbonyl (C=O) groups excluding carboxylic acids is 3. The molecule has 1 saturated carbocycles. The van der Waals surface area contributed by atoms with Crippen molar-refractivity contribution in [3.8, 4) is 0 Å². The molecule has 0 spiro atoms. The molecule has 1 aliphatic rings. The number of pyridine rings is 1. The van der Waals surface area contributed by atoms with Gasteiger partial charge in [-0.2, -0.15) is 0 Å². The summed E-state index contributed by atoms with van der Waals surface area (Å²) < 4.78 is 1.71. The fraction of sp³-hybridized carbons (Fsp3) is 0.231. The Morgan fingerprint density at radius 2 is 1.78 bits per heavy atom. The lowest BCUT2D eigenvalue weighted by Gasteiger charge is -2.27. The second kappa shape index (κ2) is 9.57. The smallest absolute Gasteiger partial charge is 0.269 e. The van der Waals surface area contributed by atoms with Crippen molar-refractivity contribution in [2.45, 2.75) is 32.2 Å². The highest BCUT2D eigenvalue weighted by Gasteiger charge is 2.26. The van der Waals surface area contributed by atoms with Crippen LogP contribution in [0.25, 0.3) is 10.8 Å². The molecule has 2 heterocycles. The maximum Gasteiger partial charge on any atom is 0.269 e. The Bertz CT molecular complexity index is 1480. The third-order valence-electron chi connectivity index (χ3n) is 6.62. The molecule has 4 aromatic rings. The zero-order chi connectivity index (χ0) is 25.2. The van der Waals surface area contributed by atoms with E-state index in [0.29, 0.717) is 30.0 Å². The second-order valence-corrected chi connectivity index (χ2v) is 8.99. The van der Waals surface area contributed by atoms with Crippen LogP contribution in [-0.2, 0) is 13.0 Å². The van der Waals surface area contributed by atoms with E-state index in [1.807, 2.05) is 30.3 Å². The van der Waals surface area contributed by atoms with Gasteiger partial charge in [0.2, 0.25) is 0 Å². The summed E-state index contributed by atoms with van der Waals surface area (Å²) in [5.74, 6) is -1.64. The first-order valence-corrected chi connectivity index (χ1v) is 11.7. The number of rotatable bonds is 8. The summed E-state index contributed by atoms with van der Waals surface area (Å²) in [7, 11) is 0. The number of nitrogens with one attached hydrogen (secondary N) is 1. The van der Waals surface area contributed by atoms with Crippen LogP contribution in [0.1, 0.15) is 61.7 Å². The SMILES string of the molecule is NC(=O)c1cc(CC2CCC2)c(NC(=O)c2ccc(Cn3ccnn3)c3ccccc23)c(C(N)=O)n1. The lowest BCUT2D eigenvalue weighted by Crippen LogP contribution is -2.25. The normalized spacial score (nSPS) is 13.3. The molecule has 1 aliphatic carbocycles. The fourth-order valence-corrected chi connectivity index (χ4v) is 4.58. The molecular weight excluding hydrogens is 458 g/mol. The molecule has 2 aromatic heterocycles. The maximum absolute atomic E-state index is 13.6. The van der Waals surface area contributed by atoms with Crippen molar-refractivity contribution in [1.82, 2.24) is 20.0 Å². The van der Waals surface area contributed by atoms with E-state index in [9.17, 15) is 14.4 Å². The molecule has 0 atom stereocenters. The van der Waals surface area contributed by atoms with E-state index in [-0.39, 0.29) is 17.1 Å². The van der Waals surface area contributed by atoms with Gasteiger partial charge in [-0.15, -0.1) is 5.10 Å². The monoisotopic (exact) mass is 483 g/mol. The first-order chi connectivity index (χ1) is 17.4. The molecule has 182 valence electrons. The summed E-state index contributed by atoms with van der Waals surface area (Å²) in [4.78, 5) is 41.8. The highest BCUT2D eigenvalue weighted by atomic mass is 16.2. The van der Waals surface area contributed by atoms with E-state index in [1.54, 1.807) is 29.2 Å². The van der Waals surface area contributed by atoms with Crippen molar-refractivity contribution in [1.29, 1.82) is 0 Å². The fourth-order valence-electron chi connectivity index (χ4n) is 4.58. The summed E-state index contributed by atoms with van der Waals surface area (Å²) in [5.41, 5.74) is 13.1. The maximum atomic E-state index is 13.6. The van der Waals surface area contributed by atoms with Gasteiger partial charge < -0.3 is 16.8 Å². The zero-order valence-electron chi connectivity index (χ0n) is 19.5. The Hall–Kier alpha value is -4.60. The predicted molar refractivity (Wildman–Crippen MR) is 133 cm³/mol. The minimum Gasteiger partial charge on any atom is -0.364 e. The third kappa shape index (κ3) is 4.52. The molecule has 3 amide bonds. The van der Waals surface area contributed by atoms with Crippen molar-refractivity contribution in [3.63, 3.8) is 0 Å². The molecular formula is C26H25N7O3. The van der Waals surface area contributed by atoms with Gasteiger partial charge in [-0.25, -0.2) is 9.67 Å². The largest absolute Gasteiger partial charge is 0.364 e. The topological polar surface area (TPSA) is 159 Å². The lowest BCUT2D eigenvalue weighted by atomic mass is 9.80. The van der Waals surface area contributed by atoms with Crippen LogP contribution in [0.4, 0.5) is 5.69 Å². The van der Waals surface area contributed by atoms with Gasteiger partial charge in [0, 0.05) is 11.8 Å². The van der Waals surface area contributed by atoms with Crippen LogP contribution in [0.5, 0.6) is 0 Å². The summed E-state index contributed by atoms with van der Waals surface area (Å²) in [6.07, 6.45) is 7.15. The average molecular weight is 484 g/mol. The number of carbonyl (C=O) groups is 3. The zero-order valence-corrected chi connectivity index (χ0v) is 19.5. The van der Waals surface area contributed by atoms with Crippen LogP contribution >= 0.6 is 0 Å².